The first-order chi connectivity index (χ1) is 7.94. The third-order valence-corrected chi connectivity index (χ3v) is 2.52. The third kappa shape index (κ3) is 4.56. The number of anilines is 1. The van der Waals surface area contributed by atoms with Crippen LogP contribution in [0, 0.1) is 0 Å². The van der Waals surface area contributed by atoms with Crippen molar-refractivity contribution in [3.63, 3.8) is 0 Å². The van der Waals surface area contributed by atoms with Crippen LogP contribution in [0.15, 0.2) is 24.3 Å². The molecular formula is C12H17F2NO2. The molecule has 0 aliphatic carbocycles. The van der Waals surface area contributed by atoms with E-state index in [1.807, 2.05) is 6.92 Å². The summed E-state index contributed by atoms with van der Waals surface area (Å²) in [5.74, 6) is 0.0782. The Labute approximate surface area is 99.4 Å². The van der Waals surface area contributed by atoms with E-state index < -0.39 is 12.2 Å². The molecule has 1 rings (SSSR count). The Kier molecular flexibility index (Phi) is 4.69. The summed E-state index contributed by atoms with van der Waals surface area (Å²) in [6.07, 6.45) is 0.567. The van der Waals surface area contributed by atoms with Crippen molar-refractivity contribution in [3.8, 4) is 5.75 Å². The van der Waals surface area contributed by atoms with E-state index in [-0.39, 0.29) is 12.3 Å². The summed E-state index contributed by atoms with van der Waals surface area (Å²) in [5.41, 5.74) is -0.431. The molecule has 0 aromatic heterocycles. The second kappa shape index (κ2) is 5.82. The molecule has 3 nitrogen and oxygen atoms in total. The van der Waals surface area contributed by atoms with Gasteiger partial charge in [-0.2, -0.15) is 8.78 Å². The number of ether oxygens (including phenoxy) is 1. The number of nitrogens with one attached hydrogen (secondary N) is 1. The Hall–Kier alpha value is -1.36. The first-order valence-corrected chi connectivity index (χ1v) is 5.44. The highest BCUT2D eigenvalue weighted by Crippen LogP contribution is 2.26. The van der Waals surface area contributed by atoms with Gasteiger partial charge in [0.25, 0.3) is 0 Å². The normalized spacial score (nSPS) is 14.5. The fourth-order valence-corrected chi connectivity index (χ4v) is 1.22. The SMILES string of the molecule is CCC(C)(O)CNc1ccccc1OC(F)F. The predicted molar refractivity (Wildman–Crippen MR) is 62.5 cm³/mol. The van der Waals surface area contributed by atoms with Crippen molar-refractivity contribution in [3.05, 3.63) is 24.3 Å². The highest BCUT2D eigenvalue weighted by Gasteiger charge is 2.18. The summed E-state index contributed by atoms with van der Waals surface area (Å²) in [6.45, 7) is 0.942. The molecule has 96 valence electrons. The minimum Gasteiger partial charge on any atom is -0.433 e. The zero-order valence-corrected chi connectivity index (χ0v) is 9.91. The van der Waals surface area contributed by atoms with Crippen LogP contribution in [0.1, 0.15) is 20.3 Å². The molecule has 0 bridgehead atoms. The number of para-hydroxylation sites is 2. The number of halogens is 2. The van der Waals surface area contributed by atoms with Crippen LogP contribution in [0.3, 0.4) is 0 Å². The molecule has 0 heterocycles. The summed E-state index contributed by atoms with van der Waals surface area (Å²) in [7, 11) is 0. The lowest BCUT2D eigenvalue weighted by Crippen LogP contribution is -2.32. The number of alkyl halides is 2. The van der Waals surface area contributed by atoms with Crippen molar-refractivity contribution in [2.45, 2.75) is 32.5 Å². The lowest BCUT2D eigenvalue weighted by atomic mass is 10.0. The second-order valence-corrected chi connectivity index (χ2v) is 4.08. The lowest BCUT2D eigenvalue weighted by Gasteiger charge is -2.23. The van der Waals surface area contributed by atoms with Crippen LogP contribution in [-0.4, -0.2) is 23.9 Å². The van der Waals surface area contributed by atoms with Crippen LogP contribution < -0.4 is 10.1 Å². The Morgan fingerprint density at radius 1 is 1.41 bits per heavy atom. The molecule has 0 radical (unpaired) electrons. The van der Waals surface area contributed by atoms with Gasteiger partial charge in [0.15, 0.2) is 0 Å². The lowest BCUT2D eigenvalue weighted by molar-refractivity contribution is -0.0493. The smallest absolute Gasteiger partial charge is 0.387 e. The fourth-order valence-electron chi connectivity index (χ4n) is 1.22. The van der Waals surface area contributed by atoms with Crippen LogP contribution in [0.2, 0.25) is 0 Å². The monoisotopic (exact) mass is 245 g/mol. The molecule has 1 unspecified atom stereocenters. The van der Waals surface area contributed by atoms with E-state index in [1.54, 1.807) is 25.1 Å². The van der Waals surface area contributed by atoms with Crippen LogP contribution in [0.5, 0.6) is 5.75 Å². The largest absolute Gasteiger partial charge is 0.433 e. The molecule has 0 aliphatic rings. The number of hydrogen-bond acceptors (Lipinski definition) is 3. The molecule has 0 saturated carbocycles. The fraction of sp³-hybridized carbons (Fsp3) is 0.500. The van der Waals surface area contributed by atoms with Gasteiger partial charge in [0.1, 0.15) is 5.75 Å². The Morgan fingerprint density at radius 3 is 2.65 bits per heavy atom. The molecule has 17 heavy (non-hydrogen) atoms. The maximum Gasteiger partial charge on any atom is 0.387 e. The second-order valence-electron chi connectivity index (χ2n) is 4.08. The van der Waals surface area contributed by atoms with Gasteiger partial charge >= 0.3 is 6.61 Å². The Bertz CT molecular complexity index is 356. The minimum atomic E-state index is -2.86. The van der Waals surface area contributed by atoms with Crippen molar-refractivity contribution in [2.75, 3.05) is 11.9 Å². The van der Waals surface area contributed by atoms with E-state index in [0.717, 1.165) is 0 Å². The van der Waals surface area contributed by atoms with Gasteiger partial charge < -0.3 is 15.2 Å². The molecule has 0 spiro atoms. The molecule has 2 N–H and O–H groups in total. The molecule has 0 fully saturated rings. The van der Waals surface area contributed by atoms with Crippen LogP contribution in [0.25, 0.3) is 0 Å². The highest BCUT2D eigenvalue weighted by atomic mass is 19.3. The molecule has 1 aromatic carbocycles. The van der Waals surface area contributed by atoms with Gasteiger partial charge in [-0.05, 0) is 25.5 Å². The molecule has 0 saturated heterocycles. The molecular weight excluding hydrogens is 228 g/mol. The summed E-state index contributed by atoms with van der Waals surface area (Å²) in [4.78, 5) is 0. The van der Waals surface area contributed by atoms with E-state index in [9.17, 15) is 13.9 Å². The Balaban J connectivity index is 2.70. The molecule has 1 atom stereocenters. The topological polar surface area (TPSA) is 41.5 Å². The number of hydrogen-bond donors (Lipinski definition) is 2. The number of aliphatic hydroxyl groups is 1. The number of benzene rings is 1. The van der Waals surface area contributed by atoms with Crippen molar-refractivity contribution in [2.24, 2.45) is 0 Å². The predicted octanol–water partition coefficient (Wildman–Crippen LogP) is 2.86. The summed E-state index contributed by atoms with van der Waals surface area (Å²) >= 11 is 0. The highest BCUT2D eigenvalue weighted by molar-refractivity contribution is 5.56. The van der Waals surface area contributed by atoms with Crippen molar-refractivity contribution < 1.29 is 18.6 Å². The van der Waals surface area contributed by atoms with Gasteiger partial charge in [-0.1, -0.05) is 19.1 Å². The first-order valence-electron chi connectivity index (χ1n) is 5.44. The van der Waals surface area contributed by atoms with Crippen LogP contribution in [0.4, 0.5) is 14.5 Å². The van der Waals surface area contributed by atoms with Gasteiger partial charge in [-0.25, -0.2) is 0 Å². The van der Waals surface area contributed by atoms with Gasteiger partial charge in [-0.3, -0.25) is 0 Å². The molecule has 0 amide bonds. The first kappa shape index (κ1) is 13.7. The van der Waals surface area contributed by atoms with Gasteiger partial charge in [0.05, 0.1) is 11.3 Å². The van der Waals surface area contributed by atoms with Crippen molar-refractivity contribution >= 4 is 5.69 Å². The van der Waals surface area contributed by atoms with Crippen molar-refractivity contribution in [1.29, 1.82) is 0 Å². The molecule has 5 heteroatoms. The maximum atomic E-state index is 12.1. The average molecular weight is 245 g/mol. The van der Waals surface area contributed by atoms with E-state index >= 15 is 0 Å². The van der Waals surface area contributed by atoms with Crippen LogP contribution in [-0.2, 0) is 0 Å². The Morgan fingerprint density at radius 2 is 2.06 bits per heavy atom. The molecule has 0 aliphatic heterocycles. The van der Waals surface area contributed by atoms with Gasteiger partial charge in [-0.15, -0.1) is 0 Å². The summed E-state index contributed by atoms with van der Waals surface area (Å²) < 4.78 is 28.6. The van der Waals surface area contributed by atoms with Crippen molar-refractivity contribution in [1.82, 2.24) is 0 Å². The number of rotatable bonds is 6. The zero-order chi connectivity index (χ0) is 12.9. The van der Waals surface area contributed by atoms with Gasteiger partial charge in [0.2, 0.25) is 0 Å². The van der Waals surface area contributed by atoms with Crippen LogP contribution >= 0.6 is 0 Å². The maximum absolute atomic E-state index is 12.1. The van der Waals surface area contributed by atoms with E-state index in [4.69, 9.17) is 0 Å². The van der Waals surface area contributed by atoms with E-state index in [0.29, 0.717) is 12.1 Å². The van der Waals surface area contributed by atoms with E-state index in [1.165, 1.54) is 6.07 Å². The van der Waals surface area contributed by atoms with Gasteiger partial charge in [0, 0.05) is 6.54 Å². The quantitative estimate of drug-likeness (QED) is 0.809. The zero-order valence-electron chi connectivity index (χ0n) is 9.91. The standard InChI is InChI=1S/C12H17F2NO2/c1-3-12(2,16)8-15-9-6-4-5-7-10(9)17-11(13)14/h4-7,11,15-16H,3,8H2,1-2H3. The molecule has 1 aromatic rings. The summed E-state index contributed by atoms with van der Waals surface area (Å²) in [5, 5.41) is 12.7. The third-order valence-electron chi connectivity index (χ3n) is 2.52. The summed E-state index contributed by atoms with van der Waals surface area (Å²) in [6, 6.07) is 6.40. The minimum absolute atomic E-state index is 0.0782. The average Bonchev–Trinajstić information content (AvgIpc) is 2.27. The van der Waals surface area contributed by atoms with E-state index in [2.05, 4.69) is 10.1 Å².